The second-order valence-electron chi connectivity index (χ2n) is 4.09. The Morgan fingerprint density at radius 1 is 1.50 bits per heavy atom. The molecule has 3 N–H and O–H groups in total. The van der Waals surface area contributed by atoms with Crippen molar-refractivity contribution in [3.05, 3.63) is 28.2 Å². The lowest BCUT2D eigenvalue weighted by Crippen LogP contribution is -2.11. The summed E-state index contributed by atoms with van der Waals surface area (Å²) >= 11 is 3.37. The maximum Gasteiger partial charge on any atom is 0.123 e. The fourth-order valence-electron chi connectivity index (χ4n) is 1.22. The second kappa shape index (κ2) is 5.89. The van der Waals surface area contributed by atoms with Gasteiger partial charge in [-0.1, -0.05) is 13.8 Å². The van der Waals surface area contributed by atoms with Gasteiger partial charge in [-0.05, 0) is 46.5 Å². The molecule has 0 aromatic heterocycles. The van der Waals surface area contributed by atoms with E-state index >= 15 is 0 Å². The molecule has 0 unspecified atom stereocenters. The normalized spacial score (nSPS) is 10.5. The molecule has 1 aromatic rings. The van der Waals surface area contributed by atoms with Gasteiger partial charge in [0.15, 0.2) is 0 Å². The first-order chi connectivity index (χ1) is 7.50. The summed E-state index contributed by atoms with van der Waals surface area (Å²) in [5.74, 6) is 1.50. The monoisotopic (exact) mass is 284 g/mol. The van der Waals surface area contributed by atoms with Crippen molar-refractivity contribution in [1.29, 1.82) is 5.41 Å². The van der Waals surface area contributed by atoms with Crippen molar-refractivity contribution in [1.82, 2.24) is 0 Å². The molecule has 0 radical (unpaired) electrons. The molecule has 0 atom stereocenters. The first kappa shape index (κ1) is 13.0. The summed E-state index contributed by atoms with van der Waals surface area (Å²) in [4.78, 5) is 0. The number of nitrogen functional groups attached to an aromatic ring is 1. The van der Waals surface area contributed by atoms with Crippen LogP contribution >= 0.6 is 15.9 Å². The van der Waals surface area contributed by atoms with Crippen LogP contribution in [0.2, 0.25) is 0 Å². The zero-order valence-corrected chi connectivity index (χ0v) is 11.2. The van der Waals surface area contributed by atoms with Gasteiger partial charge in [0.25, 0.3) is 0 Å². The molecule has 0 fully saturated rings. The van der Waals surface area contributed by atoms with Crippen molar-refractivity contribution < 1.29 is 4.74 Å². The standard InChI is InChI=1S/C12H17BrN2O/c1-8(2)5-6-16-9-3-4-10(12(14)15)11(13)7-9/h3-4,7-8H,5-6H2,1-2H3,(H3,14,15). The number of nitrogens with two attached hydrogens (primary N) is 1. The fourth-order valence-corrected chi connectivity index (χ4v) is 1.79. The Bertz CT molecular complexity index is 377. The Labute approximate surface area is 105 Å². The average Bonchev–Trinajstić information content (AvgIpc) is 2.16. The number of rotatable bonds is 5. The minimum atomic E-state index is 0.0561. The van der Waals surface area contributed by atoms with E-state index in [0.717, 1.165) is 16.6 Å². The smallest absolute Gasteiger partial charge is 0.123 e. The summed E-state index contributed by atoms with van der Waals surface area (Å²) in [5, 5.41) is 7.35. The summed E-state index contributed by atoms with van der Waals surface area (Å²) < 4.78 is 6.38. The average molecular weight is 285 g/mol. The van der Waals surface area contributed by atoms with Crippen molar-refractivity contribution in [3.63, 3.8) is 0 Å². The highest BCUT2D eigenvalue weighted by molar-refractivity contribution is 9.10. The zero-order valence-electron chi connectivity index (χ0n) is 9.59. The molecule has 0 saturated carbocycles. The van der Waals surface area contributed by atoms with E-state index < -0.39 is 0 Å². The molecular weight excluding hydrogens is 268 g/mol. The largest absolute Gasteiger partial charge is 0.494 e. The van der Waals surface area contributed by atoms with Crippen LogP contribution in [0.4, 0.5) is 0 Å². The van der Waals surface area contributed by atoms with Crippen LogP contribution < -0.4 is 10.5 Å². The predicted octanol–water partition coefficient (Wildman–Crippen LogP) is 3.16. The van der Waals surface area contributed by atoms with Crippen molar-refractivity contribution in [2.75, 3.05) is 6.61 Å². The van der Waals surface area contributed by atoms with Gasteiger partial charge in [0.05, 0.1) is 6.61 Å². The molecule has 0 bridgehead atoms. The highest BCUT2D eigenvalue weighted by atomic mass is 79.9. The Balaban J connectivity index is 2.63. The highest BCUT2D eigenvalue weighted by Gasteiger charge is 2.04. The second-order valence-corrected chi connectivity index (χ2v) is 4.94. The Morgan fingerprint density at radius 2 is 2.19 bits per heavy atom. The molecule has 0 aliphatic rings. The Hall–Kier alpha value is -1.03. The zero-order chi connectivity index (χ0) is 12.1. The van der Waals surface area contributed by atoms with Crippen LogP contribution in [0, 0.1) is 11.3 Å². The molecular formula is C12H17BrN2O. The van der Waals surface area contributed by atoms with Crippen LogP contribution in [-0.2, 0) is 0 Å². The van der Waals surface area contributed by atoms with Gasteiger partial charge in [-0.25, -0.2) is 0 Å². The van der Waals surface area contributed by atoms with Gasteiger partial charge >= 0.3 is 0 Å². The van der Waals surface area contributed by atoms with Crippen molar-refractivity contribution in [3.8, 4) is 5.75 Å². The summed E-state index contributed by atoms with van der Waals surface area (Å²) in [6, 6.07) is 5.47. The third kappa shape index (κ3) is 3.85. The highest BCUT2D eigenvalue weighted by Crippen LogP contribution is 2.23. The molecule has 0 aliphatic carbocycles. The topological polar surface area (TPSA) is 59.1 Å². The number of ether oxygens (including phenoxy) is 1. The van der Waals surface area contributed by atoms with Crippen molar-refractivity contribution >= 4 is 21.8 Å². The third-order valence-corrected chi connectivity index (χ3v) is 2.85. The number of halogens is 1. The molecule has 0 saturated heterocycles. The maximum atomic E-state index is 7.35. The summed E-state index contributed by atoms with van der Waals surface area (Å²) in [6.45, 7) is 5.04. The van der Waals surface area contributed by atoms with E-state index in [1.807, 2.05) is 12.1 Å². The quantitative estimate of drug-likeness (QED) is 0.645. The first-order valence-electron chi connectivity index (χ1n) is 5.27. The number of hydrogen-bond acceptors (Lipinski definition) is 2. The van der Waals surface area contributed by atoms with Gasteiger partial charge in [-0.15, -0.1) is 0 Å². The minimum Gasteiger partial charge on any atom is -0.494 e. The molecule has 0 spiro atoms. The van der Waals surface area contributed by atoms with E-state index in [9.17, 15) is 0 Å². The van der Waals surface area contributed by atoms with E-state index in [1.54, 1.807) is 6.07 Å². The van der Waals surface area contributed by atoms with Gasteiger partial charge in [0.2, 0.25) is 0 Å². The molecule has 0 amide bonds. The third-order valence-electron chi connectivity index (χ3n) is 2.19. The molecule has 88 valence electrons. The van der Waals surface area contributed by atoms with Crippen LogP contribution in [0.5, 0.6) is 5.75 Å². The molecule has 0 heterocycles. The predicted molar refractivity (Wildman–Crippen MR) is 70.1 cm³/mol. The Kier molecular flexibility index (Phi) is 4.80. The van der Waals surface area contributed by atoms with Crippen molar-refractivity contribution in [2.24, 2.45) is 11.7 Å². The van der Waals surface area contributed by atoms with Crippen LogP contribution in [0.3, 0.4) is 0 Å². The van der Waals surface area contributed by atoms with Gasteiger partial charge in [0.1, 0.15) is 11.6 Å². The van der Waals surface area contributed by atoms with Crippen LogP contribution in [0.1, 0.15) is 25.8 Å². The van der Waals surface area contributed by atoms with Gasteiger partial charge < -0.3 is 10.5 Å². The van der Waals surface area contributed by atoms with E-state index in [2.05, 4.69) is 29.8 Å². The molecule has 0 aliphatic heterocycles. The van der Waals surface area contributed by atoms with Gasteiger partial charge in [-0.3, -0.25) is 5.41 Å². The molecule has 1 rings (SSSR count). The lowest BCUT2D eigenvalue weighted by molar-refractivity contribution is 0.289. The van der Waals surface area contributed by atoms with Crippen LogP contribution in [-0.4, -0.2) is 12.4 Å². The number of amidine groups is 1. The van der Waals surface area contributed by atoms with Crippen molar-refractivity contribution in [2.45, 2.75) is 20.3 Å². The van der Waals surface area contributed by atoms with E-state index in [-0.39, 0.29) is 5.84 Å². The van der Waals surface area contributed by atoms with E-state index in [4.69, 9.17) is 15.9 Å². The summed E-state index contributed by atoms with van der Waals surface area (Å²) in [6.07, 6.45) is 1.03. The molecule has 3 nitrogen and oxygen atoms in total. The number of benzene rings is 1. The molecule has 1 aromatic carbocycles. The van der Waals surface area contributed by atoms with Crippen LogP contribution in [0.15, 0.2) is 22.7 Å². The lowest BCUT2D eigenvalue weighted by Gasteiger charge is -2.09. The number of nitrogens with one attached hydrogen (secondary N) is 1. The van der Waals surface area contributed by atoms with Gasteiger partial charge in [-0.2, -0.15) is 0 Å². The number of hydrogen-bond donors (Lipinski definition) is 2. The van der Waals surface area contributed by atoms with Gasteiger partial charge in [0, 0.05) is 10.0 Å². The van der Waals surface area contributed by atoms with Crippen LogP contribution in [0.25, 0.3) is 0 Å². The summed E-state index contributed by atoms with van der Waals surface area (Å²) in [5.41, 5.74) is 6.11. The maximum absolute atomic E-state index is 7.35. The van der Waals surface area contributed by atoms with E-state index in [0.29, 0.717) is 18.1 Å². The molecule has 16 heavy (non-hydrogen) atoms. The minimum absolute atomic E-state index is 0.0561. The Morgan fingerprint density at radius 3 is 2.69 bits per heavy atom. The fraction of sp³-hybridized carbons (Fsp3) is 0.417. The lowest BCUT2D eigenvalue weighted by atomic mass is 10.1. The first-order valence-corrected chi connectivity index (χ1v) is 6.06. The summed E-state index contributed by atoms with van der Waals surface area (Å²) in [7, 11) is 0. The van der Waals surface area contributed by atoms with E-state index in [1.165, 1.54) is 0 Å². The SMILES string of the molecule is CC(C)CCOc1ccc(C(=N)N)c(Br)c1. The molecule has 4 heteroatoms.